The third-order valence-corrected chi connectivity index (χ3v) is 5.58. The van der Waals surface area contributed by atoms with Gasteiger partial charge < -0.3 is 14.2 Å². The average molecular weight is 424 g/mol. The quantitative estimate of drug-likeness (QED) is 0.577. The summed E-state index contributed by atoms with van der Waals surface area (Å²) in [7, 11) is 0. The standard InChI is InChI=1S/C20H16N4O5S/c25-17(23-8-9-27-20(23)26)11-30-19-22-21-18(24(19)14-4-2-1-3-5-14)13-6-7-15-16(10-13)29-12-28-15/h1-7,10H,8-9,11-12H2. The van der Waals surface area contributed by atoms with Crippen LogP contribution >= 0.6 is 11.8 Å². The maximum absolute atomic E-state index is 12.4. The van der Waals surface area contributed by atoms with Gasteiger partial charge in [0.05, 0.1) is 12.3 Å². The number of para-hydroxylation sites is 1. The number of carbonyl (C=O) groups is 2. The second kappa shape index (κ2) is 7.71. The lowest BCUT2D eigenvalue weighted by Crippen LogP contribution is -2.33. The van der Waals surface area contributed by atoms with Gasteiger partial charge in [0.2, 0.25) is 12.7 Å². The number of rotatable bonds is 5. The van der Waals surface area contributed by atoms with E-state index < -0.39 is 6.09 Å². The smallest absolute Gasteiger partial charge is 0.416 e. The van der Waals surface area contributed by atoms with E-state index in [-0.39, 0.29) is 31.6 Å². The summed E-state index contributed by atoms with van der Waals surface area (Å²) in [6.07, 6.45) is -0.605. The summed E-state index contributed by atoms with van der Waals surface area (Å²) in [4.78, 5) is 25.1. The van der Waals surface area contributed by atoms with Crippen LogP contribution in [-0.4, -0.2) is 57.4 Å². The molecule has 1 aromatic heterocycles. The summed E-state index contributed by atoms with van der Waals surface area (Å²) in [5.41, 5.74) is 1.66. The minimum absolute atomic E-state index is 0.0429. The first-order chi connectivity index (χ1) is 14.7. The van der Waals surface area contributed by atoms with Crippen LogP contribution in [0.1, 0.15) is 0 Å². The molecule has 3 aromatic rings. The van der Waals surface area contributed by atoms with E-state index in [4.69, 9.17) is 14.2 Å². The second-order valence-electron chi connectivity index (χ2n) is 6.49. The highest BCUT2D eigenvalue weighted by atomic mass is 32.2. The maximum atomic E-state index is 12.4. The zero-order valence-corrected chi connectivity index (χ0v) is 16.5. The number of fused-ring (bicyclic) bond motifs is 1. The molecule has 0 unspecified atom stereocenters. The number of imide groups is 1. The molecule has 0 atom stereocenters. The van der Waals surface area contributed by atoms with Gasteiger partial charge in [-0.2, -0.15) is 0 Å². The number of thioether (sulfide) groups is 1. The van der Waals surface area contributed by atoms with E-state index in [1.807, 2.05) is 53.1 Å². The fourth-order valence-electron chi connectivity index (χ4n) is 3.22. The van der Waals surface area contributed by atoms with Crippen LogP contribution in [0.5, 0.6) is 11.5 Å². The minimum atomic E-state index is -0.605. The van der Waals surface area contributed by atoms with Crippen LogP contribution in [-0.2, 0) is 9.53 Å². The third-order valence-electron chi connectivity index (χ3n) is 4.67. The van der Waals surface area contributed by atoms with Gasteiger partial charge in [0.15, 0.2) is 22.5 Å². The Hall–Kier alpha value is -3.53. The van der Waals surface area contributed by atoms with Crippen molar-refractivity contribution < 1.29 is 23.8 Å². The predicted octanol–water partition coefficient (Wildman–Crippen LogP) is 2.73. The Morgan fingerprint density at radius 1 is 1.03 bits per heavy atom. The number of amides is 2. The molecule has 0 aliphatic carbocycles. The number of carbonyl (C=O) groups excluding carboxylic acids is 2. The van der Waals surface area contributed by atoms with Crippen molar-refractivity contribution in [3.63, 3.8) is 0 Å². The van der Waals surface area contributed by atoms with Crippen LogP contribution in [0, 0.1) is 0 Å². The molecule has 152 valence electrons. The Balaban J connectivity index is 1.47. The maximum Gasteiger partial charge on any atom is 0.416 e. The zero-order valence-electron chi connectivity index (χ0n) is 15.7. The minimum Gasteiger partial charge on any atom is -0.454 e. The van der Waals surface area contributed by atoms with Crippen molar-refractivity contribution >= 4 is 23.8 Å². The molecule has 0 saturated carbocycles. The molecule has 1 saturated heterocycles. The SMILES string of the molecule is O=C(CSc1nnc(-c2ccc3c(c2)OCO3)n1-c1ccccc1)N1CCOC1=O. The van der Waals surface area contributed by atoms with Gasteiger partial charge in [-0.15, -0.1) is 10.2 Å². The number of nitrogens with zero attached hydrogens (tertiary/aromatic N) is 4. The Morgan fingerprint density at radius 3 is 2.67 bits per heavy atom. The molecule has 0 spiro atoms. The summed E-state index contributed by atoms with van der Waals surface area (Å²) < 4.78 is 17.6. The molecule has 0 radical (unpaired) electrons. The van der Waals surface area contributed by atoms with E-state index in [0.29, 0.717) is 22.5 Å². The average Bonchev–Trinajstić information content (AvgIpc) is 3.51. The third kappa shape index (κ3) is 3.35. The normalized spacial score (nSPS) is 14.8. The van der Waals surface area contributed by atoms with Crippen molar-refractivity contribution in [2.45, 2.75) is 5.16 Å². The fourth-order valence-corrected chi connectivity index (χ4v) is 4.05. The Bertz CT molecular complexity index is 1120. The number of hydrogen-bond donors (Lipinski definition) is 0. The highest BCUT2D eigenvalue weighted by Gasteiger charge is 2.29. The van der Waals surface area contributed by atoms with E-state index in [1.54, 1.807) is 0 Å². The molecular formula is C20H16N4O5S. The Morgan fingerprint density at radius 2 is 1.87 bits per heavy atom. The largest absolute Gasteiger partial charge is 0.454 e. The second-order valence-corrected chi connectivity index (χ2v) is 7.44. The number of ether oxygens (including phenoxy) is 3. The van der Waals surface area contributed by atoms with Crippen LogP contribution in [0.25, 0.3) is 17.1 Å². The van der Waals surface area contributed by atoms with Crippen molar-refractivity contribution in [2.24, 2.45) is 0 Å². The fraction of sp³-hybridized carbons (Fsp3) is 0.200. The highest BCUT2D eigenvalue weighted by molar-refractivity contribution is 7.99. The predicted molar refractivity (Wildman–Crippen MR) is 107 cm³/mol. The molecule has 0 N–H and O–H groups in total. The van der Waals surface area contributed by atoms with E-state index in [0.717, 1.165) is 16.2 Å². The van der Waals surface area contributed by atoms with E-state index in [9.17, 15) is 9.59 Å². The van der Waals surface area contributed by atoms with E-state index in [2.05, 4.69) is 10.2 Å². The van der Waals surface area contributed by atoms with Crippen molar-refractivity contribution in [2.75, 3.05) is 25.7 Å². The molecule has 2 amide bonds. The zero-order chi connectivity index (χ0) is 20.5. The summed E-state index contributed by atoms with van der Waals surface area (Å²) in [5, 5.41) is 9.19. The monoisotopic (exact) mass is 424 g/mol. The number of cyclic esters (lactones) is 1. The molecule has 0 bridgehead atoms. The molecule has 9 nitrogen and oxygen atoms in total. The van der Waals surface area contributed by atoms with Gasteiger partial charge in [-0.05, 0) is 30.3 Å². The summed E-state index contributed by atoms with van der Waals surface area (Å²) >= 11 is 1.21. The summed E-state index contributed by atoms with van der Waals surface area (Å²) in [5.74, 6) is 1.65. The molecule has 2 aromatic carbocycles. The first kappa shape index (κ1) is 18.5. The summed E-state index contributed by atoms with van der Waals surface area (Å²) in [6, 6.07) is 15.2. The van der Waals surface area contributed by atoms with E-state index in [1.165, 1.54) is 11.8 Å². The molecule has 30 heavy (non-hydrogen) atoms. The van der Waals surface area contributed by atoms with Gasteiger partial charge >= 0.3 is 6.09 Å². The van der Waals surface area contributed by atoms with Crippen molar-refractivity contribution in [3.05, 3.63) is 48.5 Å². The number of benzene rings is 2. The number of aromatic nitrogens is 3. The van der Waals surface area contributed by atoms with Gasteiger partial charge in [-0.1, -0.05) is 30.0 Å². The highest BCUT2D eigenvalue weighted by Crippen LogP contribution is 2.37. The van der Waals surface area contributed by atoms with Crippen LogP contribution in [0.4, 0.5) is 4.79 Å². The summed E-state index contributed by atoms with van der Waals surface area (Å²) in [6.45, 7) is 0.683. The molecule has 10 heteroatoms. The first-order valence-electron chi connectivity index (χ1n) is 9.21. The van der Waals surface area contributed by atoms with Crippen molar-refractivity contribution in [1.82, 2.24) is 19.7 Å². The van der Waals surface area contributed by atoms with Gasteiger partial charge in [-0.25, -0.2) is 9.69 Å². The van der Waals surface area contributed by atoms with Gasteiger partial charge in [0.1, 0.15) is 6.61 Å². The molecule has 2 aliphatic rings. The topological polar surface area (TPSA) is 95.8 Å². The van der Waals surface area contributed by atoms with Crippen molar-refractivity contribution in [3.8, 4) is 28.6 Å². The molecule has 3 heterocycles. The molecule has 5 rings (SSSR count). The van der Waals surface area contributed by atoms with E-state index >= 15 is 0 Å². The van der Waals surface area contributed by atoms with Crippen LogP contribution in [0.3, 0.4) is 0 Å². The lowest BCUT2D eigenvalue weighted by molar-refractivity contribution is -0.125. The van der Waals surface area contributed by atoms with Crippen LogP contribution in [0.15, 0.2) is 53.7 Å². The lowest BCUT2D eigenvalue weighted by atomic mass is 10.2. The van der Waals surface area contributed by atoms with Crippen LogP contribution in [0.2, 0.25) is 0 Å². The van der Waals surface area contributed by atoms with Gasteiger partial charge in [-0.3, -0.25) is 9.36 Å². The van der Waals surface area contributed by atoms with Crippen molar-refractivity contribution in [1.29, 1.82) is 0 Å². The van der Waals surface area contributed by atoms with Gasteiger partial charge in [0, 0.05) is 11.3 Å². The Kier molecular flexibility index (Phi) is 4.75. The Labute approximate surface area is 175 Å². The number of hydrogen-bond acceptors (Lipinski definition) is 8. The lowest BCUT2D eigenvalue weighted by Gasteiger charge is -2.12. The molecule has 2 aliphatic heterocycles. The first-order valence-corrected chi connectivity index (χ1v) is 10.2. The molecular weight excluding hydrogens is 408 g/mol. The van der Waals surface area contributed by atoms with Gasteiger partial charge in [0.25, 0.3) is 0 Å². The van der Waals surface area contributed by atoms with Crippen LogP contribution < -0.4 is 9.47 Å². The molecule has 1 fully saturated rings.